The highest BCUT2D eigenvalue weighted by atomic mass is 35.5. The first-order valence-corrected chi connectivity index (χ1v) is 8.33. The van der Waals surface area contributed by atoms with Gasteiger partial charge in [0.15, 0.2) is 0 Å². The molecule has 0 aliphatic heterocycles. The minimum atomic E-state index is 0.265. The third kappa shape index (κ3) is 3.51. The van der Waals surface area contributed by atoms with Gasteiger partial charge in [-0.3, -0.25) is 0 Å². The van der Waals surface area contributed by atoms with Gasteiger partial charge >= 0.3 is 0 Å². The summed E-state index contributed by atoms with van der Waals surface area (Å²) in [6.45, 7) is 2.14. The van der Waals surface area contributed by atoms with Gasteiger partial charge in [-0.2, -0.15) is 0 Å². The van der Waals surface area contributed by atoms with Crippen LogP contribution in [0.15, 0.2) is 64.2 Å². The first kappa shape index (κ1) is 15.1. The zero-order valence-electron chi connectivity index (χ0n) is 12.1. The number of rotatable bonds is 5. The SMILES string of the molecule is CCC(Sc1nnc(-c2ccccc2)o1)c1ccc(Cl)cc1. The van der Waals surface area contributed by atoms with E-state index in [1.807, 2.05) is 54.6 Å². The Labute approximate surface area is 138 Å². The lowest BCUT2D eigenvalue weighted by molar-refractivity contribution is 0.464. The van der Waals surface area contributed by atoms with Crippen LogP contribution in [0.5, 0.6) is 0 Å². The molecule has 0 aliphatic carbocycles. The topological polar surface area (TPSA) is 38.9 Å². The van der Waals surface area contributed by atoms with Crippen LogP contribution in [0.1, 0.15) is 24.2 Å². The lowest BCUT2D eigenvalue weighted by Gasteiger charge is -2.12. The van der Waals surface area contributed by atoms with Gasteiger partial charge in [-0.1, -0.05) is 60.6 Å². The van der Waals surface area contributed by atoms with Crippen LogP contribution in [-0.4, -0.2) is 10.2 Å². The van der Waals surface area contributed by atoms with Crippen LogP contribution in [0.3, 0.4) is 0 Å². The number of benzene rings is 2. The molecule has 0 radical (unpaired) electrons. The maximum atomic E-state index is 5.94. The average molecular weight is 331 g/mol. The van der Waals surface area contributed by atoms with Gasteiger partial charge in [-0.05, 0) is 36.2 Å². The quantitative estimate of drug-likeness (QED) is 0.568. The first-order chi connectivity index (χ1) is 10.8. The number of hydrogen-bond acceptors (Lipinski definition) is 4. The molecule has 5 heteroatoms. The molecule has 0 amide bonds. The summed E-state index contributed by atoms with van der Waals surface area (Å²) < 4.78 is 5.76. The Bertz CT molecular complexity index is 728. The van der Waals surface area contributed by atoms with Crippen LogP contribution in [0.25, 0.3) is 11.5 Å². The third-order valence-electron chi connectivity index (χ3n) is 3.28. The molecule has 0 saturated carbocycles. The summed E-state index contributed by atoms with van der Waals surface area (Å²) >= 11 is 7.52. The van der Waals surface area contributed by atoms with E-state index < -0.39 is 0 Å². The first-order valence-electron chi connectivity index (χ1n) is 7.07. The molecule has 0 aliphatic rings. The molecule has 0 spiro atoms. The summed E-state index contributed by atoms with van der Waals surface area (Å²) in [6, 6.07) is 17.7. The summed E-state index contributed by atoms with van der Waals surface area (Å²) in [6.07, 6.45) is 0.968. The maximum absolute atomic E-state index is 5.94. The van der Waals surface area contributed by atoms with Crippen molar-refractivity contribution in [2.75, 3.05) is 0 Å². The molecule has 2 aromatic carbocycles. The Balaban J connectivity index is 1.77. The second kappa shape index (κ2) is 6.99. The van der Waals surface area contributed by atoms with E-state index in [0.29, 0.717) is 11.1 Å². The minimum absolute atomic E-state index is 0.265. The maximum Gasteiger partial charge on any atom is 0.277 e. The molecule has 0 saturated heterocycles. The lowest BCUT2D eigenvalue weighted by atomic mass is 10.1. The highest BCUT2D eigenvalue weighted by Crippen LogP contribution is 2.38. The standard InChI is InChI=1S/C17H15ClN2OS/c1-2-15(12-8-10-14(18)11-9-12)22-17-20-19-16(21-17)13-6-4-3-5-7-13/h3-11,15H,2H2,1H3. The number of thioether (sulfide) groups is 1. The Hall–Kier alpha value is -1.78. The number of halogens is 1. The predicted octanol–water partition coefficient (Wildman–Crippen LogP) is 5.63. The van der Waals surface area contributed by atoms with E-state index in [4.69, 9.17) is 16.0 Å². The Morgan fingerprint density at radius 1 is 1.05 bits per heavy atom. The smallest absolute Gasteiger partial charge is 0.277 e. The van der Waals surface area contributed by atoms with Gasteiger partial charge in [0, 0.05) is 15.8 Å². The van der Waals surface area contributed by atoms with Gasteiger partial charge in [0.25, 0.3) is 5.22 Å². The second-order valence-corrected chi connectivity index (χ2v) is 6.40. The molecule has 1 aromatic heterocycles. The molecule has 112 valence electrons. The molecular formula is C17H15ClN2OS. The number of nitrogens with zero attached hydrogens (tertiary/aromatic N) is 2. The average Bonchev–Trinajstić information content (AvgIpc) is 3.03. The van der Waals surface area contributed by atoms with E-state index in [1.165, 1.54) is 5.56 Å². The van der Waals surface area contributed by atoms with Crippen molar-refractivity contribution in [3.05, 3.63) is 65.2 Å². The van der Waals surface area contributed by atoms with Crippen LogP contribution >= 0.6 is 23.4 Å². The van der Waals surface area contributed by atoms with Crippen molar-refractivity contribution in [3.8, 4) is 11.5 Å². The zero-order valence-corrected chi connectivity index (χ0v) is 13.6. The predicted molar refractivity (Wildman–Crippen MR) is 90.1 cm³/mol. The van der Waals surface area contributed by atoms with Gasteiger partial charge < -0.3 is 4.42 Å². The number of aromatic nitrogens is 2. The number of hydrogen-bond donors (Lipinski definition) is 0. The zero-order chi connectivity index (χ0) is 15.4. The Morgan fingerprint density at radius 2 is 1.77 bits per heavy atom. The summed E-state index contributed by atoms with van der Waals surface area (Å²) in [5, 5.41) is 9.86. The monoisotopic (exact) mass is 330 g/mol. The van der Waals surface area contributed by atoms with Crippen molar-refractivity contribution < 1.29 is 4.42 Å². The summed E-state index contributed by atoms with van der Waals surface area (Å²) in [5.41, 5.74) is 2.14. The van der Waals surface area contributed by atoms with Crippen molar-refractivity contribution in [1.82, 2.24) is 10.2 Å². The minimum Gasteiger partial charge on any atom is -0.411 e. The highest BCUT2D eigenvalue weighted by molar-refractivity contribution is 7.99. The van der Waals surface area contributed by atoms with Crippen LogP contribution in [0.2, 0.25) is 5.02 Å². The molecule has 1 unspecified atom stereocenters. The molecule has 0 N–H and O–H groups in total. The van der Waals surface area contributed by atoms with E-state index in [0.717, 1.165) is 17.0 Å². The van der Waals surface area contributed by atoms with Crippen molar-refractivity contribution >= 4 is 23.4 Å². The van der Waals surface area contributed by atoms with Crippen LogP contribution < -0.4 is 0 Å². The lowest BCUT2D eigenvalue weighted by Crippen LogP contribution is -1.92. The summed E-state index contributed by atoms with van der Waals surface area (Å²) in [4.78, 5) is 0. The molecule has 3 aromatic rings. The fourth-order valence-electron chi connectivity index (χ4n) is 2.14. The van der Waals surface area contributed by atoms with Crippen molar-refractivity contribution in [2.24, 2.45) is 0 Å². The second-order valence-electron chi connectivity index (χ2n) is 4.81. The van der Waals surface area contributed by atoms with Crippen molar-refractivity contribution in [2.45, 2.75) is 23.8 Å². The largest absolute Gasteiger partial charge is 0.411 e. The van der Waals surface area contributed by atoms with Gasteiger partial charge in [-0.15, -0.1) is 10.2 Å². The molecule has 1 heterocycles. The van der Waals surface area contributed by atoms with Gasteiger partial charge in [-0.25, -0.2) is 0 Å². The van der Waals surface area contributed by atoms with E-state index in [-0.39, 0.29) is 5.25 Å². The van der Waals surface area contributed by atoms with E-state index in [9.17, 15) is 0 Å². The molecule has 0 bridgehead atoms. The highest BCUT2D eigenvalue weighted by Gasteiger charge is 2.16. The van der Waals surface area contributed by atoms with Crippen molar-refractivity contribution in [3.63, 3.8) is 0 Å². The van der Waals surface area contributed by atoms with Crippen LogP contribution in [0.4, 0.5) is 0 Å². The molecule has 1 atom stereocenters. The van der Waals surface area contributed by atoms with E-state index in [1.54, 1.807) is 11.8 Å². The molecule has 0 fully saturated rings. The third-order valence-corrected chi connectivity index (χ3v) is 4.79. The normalized spacial score (nSPS) is 12.3. The van der Waals surface area contributed by atoms with Gasteiger partial charge in [0.2, 0.25) is 5.89 Å². The van der Waals surface area contributed by atoms with Gasteiger partial charge in [0.05, 0.1) is 0 Å². The van der Waals surface area contributed by atoms with Crippen molar-refractivity contribution in [1.29, 1.82) is 0 Å². The fraction of sp³-hybridized carbons (Fsp3) is 0.176. The van der Waals surface area contributed by atoms with Crippen LogP contribution in [0, 0.1) is 0 Å². The van der Waals surface area contributed by atoms with Gasteiger partial charge in [0.1, 0.15) is 0 Å². The molecular weight excluding hydrogens is 316 g/mol. The van der Waals surface area contributed by atoms with E-state index >= 15 is 0 Å². The molecule has 3 nitrogen and oxygen atoms in total. The Kier molecular flexibility index (Phi) is 4.80. The Morgan fingerprint density at radius 3 is 2.45 bits per heavy atom. The fourth-order valence-corrected chi connectivity index (χ4v) is 3.19. The van der Waals surface area contributed by atoms with E-state index in [2.05, 4.69) is 17.1 Å². The summed E-state index contributed by atoms with van der Waals surface area (Å²) in [5.74, 6) is 0.550. The van der Waals surface area contributed by atoms with Crippen LogP contribution in [-0.2, 0) is 0 Å². The molecule has 3 rings (SSSR count). The summed E-state index contributed by atoms with van der Waals surface area (Å²) in [7, 11) is 0. The molecule has 22 heavy (non-hydrogen) atoms.